The fourth-order valence-corrected chi connectivity index (χ4v) is 4.05. The lowest BCUT2D eigenvalue weighted by atomic mass is 10.1. The first-order valence-electron chi connectivity index (χ1n) is 10.5. The molecule has 0 aliphatic carbocycles. The first kappa shape index (κ1) is 23.7. The molecule has 1 aromatic heterocycles. The molecule has 3 rings (SSSR count). The van der Waals surface area contributed by atoms with Gasteiger partial charge in [-0.25, -0.2) is 4.98 Å². The summed E-state index contributed by atoms with van der Waals surface area (Å²) < 4.78 is 6.67. The van der Waals surface area contributed by atoms with Crippen LogP contribution in [-0.2, 0) is 11.3 Å². The van der Waals surface area contributed by atoms with Gasteiger partial charge >= 0.3 is 0 Å². The molecule has 0 atom stereocenters. The van der Waals surface area contributed by atoms with Crippen molar-refractivity contribution in [1.82, 2.24) is 14.9 Å². The number of nitrogens with one attached hydrogen (secondary N) is 1. The number of methoxy groups -OCH3 is 1. The van der Waals surface area contributed by atoms with Crippen molar-refractivity contribution in [2.24, 2.45) is 0 Å². The van der Waals surface area contributed by atoms with Crippen LogP contribution in [0.15, 0.2) is 52.4 Å². The number of ketones is 1. The van der Waals surface area contributed by atoms with Crippen LogP contribution in [0.3, 0.4) is 0 Å². The minimum atomic E-state index is -0.224. The molecule has 0 spiro atoms. The van der Waals surface area contributed by atoms with Crippen LogP contribution in [0.1, 0.15) is 39.6 Å². The van der Waals surface area contributed by atoms with Gasteiger partial charge < -0.3 is 10.1 Å². The summed E-state index contributed by atoms with van der Waals surface area (Å²) in [5.41, 5.74) is 2.34. The molecule has 0 aliphatic rings. The molecule has 8 heteroatoms. The van der Waals surface area contributed by atoms with E-state index in [1.54, 1.807) is 37.4 Å². The molecule has 1 amide bonds. The van der Waals surface area contributed by atoms with Crippen LogP contribution in [0.5, 0.6) is 0 Å². The van der Waals surface area contributed by atoms with E-state index >= 15 is 0 Å². The summed E-state index contributed by atoms with van der Waals surface area (Å²) in [7, 11) is 1.56. The van der Waals surface area contributed by atoms with Crippen molar-refractivity contribution in [3.05, 3.63) is 69.5 Å². The Kier molecular flexibility index (Phi) is 8.19. The number of Topliss-reactive ketones (excluding diaryl/α,β-unsaturated/α-hetero) is 1. The van der Waals surface area contributed by atoms with Crippen LogP contribution in [0.4, 0.5) is 0 Å². The summed E-state index contributed by atoms with van der Waals surface area (Å²) in [6.07, 6.45) is 0.831. The Labute approximate surface area is 191 Å². The van der Waals surface area contributed by atoms with Gasteiger partial charge in [0.2, 0.25) is 0 Å². The fraction of sp³-hybridized carbons (Fsp3) is 0.333. The first-order chi connectivity index (χ1) is 15.4. The van der Waals surface area contributed by atoms with Crippen molar-refractivity contribution in [3.63, 3.8) is 0 Å². The Morgan fingerprint density at radius 3 is 2.53 bits per heavy atom. The molecule has 0 aliphatic heterocycles. The average molecular weight is 454 g/mol. The van der Waals surface area contributed by atoms with E-state index in [9.17, 15) is 14.4 Å². The molecule has 1 N–H and O–H groups in total. The molecule has 0 saturated heterocycles. The van der Waals surface area contributed by atoms with Gasteiger partial charge in [0.1, 0.15) is 0 Å². The quantitative estimate of drug-likeness (QED) is 0.287. The maximum Gasteiger partial charge on any atom is 0.262 e. The highest BCUT2D eigenvalue weighted by Crippen LogP contribution is 2.20. The number of nitrogens with zero attached hydrogens (tertiary/aromatic N) is 2. The number of benzene rings is 2. The highest BCUT2D eigenvalue weighted by Gasteiger charge is 2.16. The maximum atomic E-state index is 13.1. The molecule has 7 nitrogen and oxygen atoms in total. The minimum absolute atomic E-state index is 0.0460. The maximum absolute atomic E-state index is 13.1. The Balaban J connectivity index is 1.93. The molecule has 0 radical (unpaired) electrons. The lowest BCUT2D eigenvalue weighted by Crippen LogP contribution is -2.26. The second-order valence-corrected chi connectivity index (χ2v) is 8.35. The molecule has 2 aromatic carbocycles. The van der Waals surface area contributed by atoms with E-state index in [1.807, 2.05) is 26.0 Å². The Bertz CT molecular complexity index is 1170. The largest absolute Gasteiger partial charge is 0.383 e. The summed E-state index contributed by atoms with van der Waals surface area (Å²) in [5, 5.41) is 3.67. The Morgan fingerprint density at radius 2 is 1.84 bits per heavy atom. The van der Waals surface area contributed by atoms with Gasteiger partial charge in [-0.3, -0.25) is 19.0 Å². The van der Waals surface area contributed by atoms with Crippen molar-refractivity contribution in [2.45, 2.75) is 32.0 Å². The predicted octanol–water partition coefficient (Wildman–Crippen LogP) is 3.47. The van der Waals surface area contributed by atoms with Crippen LogP contribution in [-0.4, -0.2) is 47.3 Å². The van der Waals surface area contributed by atoms with Gasteiger partial charge in [0.25, 0.3) is 11.5 Å². The zero-order chi connectivity index (χ0) is 23.1. The number of carbonyl (C=O) groups excluding carboxylic acids is 2. The number of rotatable bonds is 10. The number of thioether (sulfide) groups is 1. The SMILES string of the molecule is CCCNC(=O)c1ccc2c(=O)n(CCOC)c(SCC(=O)c3ccc(C)cc3)nc2c1. The van der Waals surface area contributed by atoms with E-state index in [4.69, 9.17) is 4.74 Å². The zero-order valence-electron chi connectivity index (χ0n) is 18.5. The summed E-state index contributed by atoms with van der Waals surface area (Å²) in [6.45, 7) is 5.17. The molecular weight excluding hydrogens is 426 g/mol. The third-order valence-corrected chi connectivity index (χ3v) is 5.92. The van der Waals surface area contributed by atoms with Gasteiger partial charge in [-0.1, -0.05) is 48.5 Å². The number of carbonyl (C=O) groups is 2. The number of aromatic nitrogens is 2. The topological polar surface area (TPSA) is 90.3 Å². The summed E-state index contributed by atoms with van der Waals surface area (Å²) in [6, 6.07) is 12.3. The number of aryl methyl sites for hydroxylation is 1. The second-order valence-electron chi connectivity index (χ2n) is 7.41. The van der Waals surface area contributed by atoms with Crippen molar-refractivity contribution in [2.75, 3.05) is 26.0 Å². The number of ether oxygens (including phenoxy) is 1. The van der Waals surface area contributed by atoms with Gasteiger partial charge in [0.05, 0.1) is 29.8 Å². The summed E-state index contributed by atoms with van der Waals surface area (Å²) in [5.74, 6) is -0.108. The predicted molar refractivity (Wildman–Crippen MR) is 127 cm³/mol. The van der Waals surface area contributed by atoms with Crippen LogP contribution in [0.2, 0.25) is 0 Å². The molecule has 32 heavy (non-hydrogen) atoms. The average Bonchev–Trinajstić information content (AvgIpc) is 2.80. The molecule has 0 bridgehead atoms. The van der Waals surface area contributed by atoms with E-state index in [0.717, 1.165) is 12.0 Å². The van der Waals surface area contributed by atoms with Crippen LogP contribution in [0.25, 0.3) is 10.9 Å². The number of amides is 1. The number of fused-ring (bicyclic) bond motifs is 1. The van der Waals surface area contributed by atoms with Gasteiger partial charge in [-0.05, 0) is 31.5 Å². The molecule has 168 valence electrons. The summed E-state index contributed by atoms with van der Waals surface area (Å²) >= 11 is 1.21. The van der Waals surface area contributed by atoms with E-state index < -0.39 is 0 Å². The lowest BCUT2D eigenvalue weighted by Gasteiger charge is -2.13. The third kappa shape index (κ3) is 5.63. The zero-order valence-corrected chi connectivity index (χ0v) is 19.3. The highest BCUT2D eigenvalue weighted by atomic mass is 32.2. The fourth-order valence-electron chi connectivity index (χ4n) is 3.13. The van der Waals surface area contributed by atoms with Gasteiger partial charge in [0, 0.05) is 24.8 Å². The van der Waals surface area contributed by atoms with E-state index in [0.29, 0.717) is 46.9 Å². The monoisotopic (exact) mass is 453 g/mol. The van der Waals surface area contributed by atoms with E-state index in [-0.39, 0.29) is 23.0 Å². The van der Waals surface area contributed by atoms with E-state index in [1.165, 1.54) is 16.3 Å². The minimum Gasteiger partial charge on any atom is -0.383 e. The standard InChI is InChI=1S/C24H27N3O4S/c1-4-11-25-22(29)18-9-10-19-20(14-18)26-24(27(23(19)30)12-13-31-3)32-15-21(28)17-7-5-16(2)6-8-17/h5-10,14H,4,11-13,15H2,1-3H3,(H,25,29). The first-order valence-corrected chi connectivity index (χ1v) is 11.5. The van der Waals surface area contributed by atoms with Gasteiger partial charge in [-0.2, -0.15) is 0 Å². The smallest absolute Gasteiger partial charge is 0.262 e. The van der Waals surface area contributed by atoms with Crippen LogP contribution < -0.4 is 10.9 Å². The Morgan fingerprint density at radius 1 is 1.12 bits per heavy atom. The molecule has 1 heterocycles. The van der Waals surface area contributed by atoms with Crippen LogP contribution in [0, 0.1) is 6.92 Å². The Hall–Kier alpha value is -2.97. The van der Waals surface area contributed by atoms with Crippen molar-refractivity contribution >= 4 is 34.4 Å². The normalized spacial score (nSPS) is 11.0. The van der Waals surface area contributed by atoms with E-state index in [2.05, 4.69) is 10.3 Å². The van der Waals surface area contributed by atoms with Gasteiger partial charge in [0.15, 0.2) is 10.9 Å². The molecule has 3 aromatic rings. The molecule has 0 saturated carbocycles. The summed E-state index contributed by atoms with van der Waals surface area (Å²) in [4.78, 5) is 42.7. The number of hydrogen-bond donors (Lipinski definition) is 1. The third-order valence-electron chi connectivity index (χ3n) is 4.94. The molecule has 0 fully saturated rings. The van der Waals surface area contributed by atoms with Gasteiger partial charge in [-0.15, -0.1) is 0 Å². The second kappa shape index (κ2) is 11.1. The highest BCUT2D eigenvalue weighted by molar-refractivity contribution is 7.99. The number of hydrogen-bond acceptors (Lipinski definition) is 6. The van der Waals surface area contributed by atoms with Crippen molar-refractivity contribution in [1.29, 1.82) is 0 Å². The van der Waals surface area contributed by atoms with Crippen molar-refractivity contribution in [3.8, 4) is 0 Å². The lowest BCUT2D eigenvalue weighted by molar-refractivity contribution is 0.0953. The van der Waals surface area contributed by atoms with Crippen LogP contribution >= 0.6 is 11.8 Å². The molecule has 0 unspecified atom stereocenters. The molecular formula is C24H27N3O4S. The van der Waals surface area contributed by atoms with Crippen molar-refractivity contribution < 1.29 is 14.3 Å².